The predicted octanol–water partition coefficient (Wildman–Crippen LogP) is 2.58. The first-order valence-corrected chi connectivity index (χ1v) is 7.70. The summed E-state index contributed by atoms with van der Waals surface area (Å²) in [6.45, 7) is 2.25. The zero-order chi connectivity index (χ0) is 17.5. The van der Waals surface area contributed by atoms with Crippen LogP contribution < -0.4 is 11.0 Å². The SMILES string of the molecule is COC(C)Cn1ccc(NC(=O)/C=C/c2ccc(Cl)cc2)nc1=O. The van der Waals surface area contributed by atoms with Crippen molar-refractivity contribution in [3.63, 3.8) is 0 Å². The molecule has 1 heterocycles. The summed E-state index contributed by atoms with van der Waals surface area (Å²) in [6, 6.07) is 8.63. The average molecular weight is 348 g/mol. The first-order chi connectivity index (χ1) is 11.5. The van der Waals surface area contributed by atoms with Crippen molar-refractivity contribution in [2.45, 2.75) is 19.6 Å². The summed E-state index contributed by atoms with van der Waals surface area (Å²) in [5.41, 5.74) is 0.393. The zero-order valence-electron chi connectivity index (χ0n) is 13.4. The molecule has 0 bridgehead atoms. The Bertz CT molecular complexity index is 784. The molecule has 7 heteroatoms. The van der Waals surface area contributed by atoms with Crippen LogP contribution in [0.5, 0.6) is 0 Å². The maximum atomic E-state index is 11.9. The van der Waals surface area contributed by atoms with E-state index in [0.717, 1.165) is 5.56 Å². The van der Waals surface area contributed by atoms with Gasteiger partial charge < -0.3 is 10.1 Å². The molecule has 1 aromatic carbocycles. The molecule has 0 saturated carbocycles. The van der Waals surface area contributed by atoms with Gasteiger partial charge in [-0.25, -0.2) is 4.79 Å². The van der Waals surface area contributed by atoms with E-state index in [2.05, 4.69) is 10.3 Å². The second-order valence-electron chi connectivity index (χ2n) is 5.17. The number of benzene rings is 1. The molecule has 0 aliphatic heterocycles. The molecule has 0 saturated heterocycles. The van der Waals surface area contributed by atoms with Gasteiger partial charge in [-0.1, -0.05) is 23.7 Å². The summed E-state index contributed by atoms with van der Waals surface area (Å²) in [5.74, 6) is -0.174. The van der Waals surface area contributed by atoms with Crippen molar-refractivity contribution in [3.8, 4) is 0 Å². The Morgan fingerprint density at radius 2 is 2.08 bits per heavy atom. The number of amides is 1. The zero-order valence-corrected chi connectivity index (χ0v) is 14.2. The predicted molar refractivity (Wildman–Crippen MR) is 94.1 cm³/mol. The van der Waals surface area contributed by atoms with Crippen molar-refractivity contribution in [1.29, 1.82) is 0 Å². The Morgan fingerprint density at radius 3 is 2.71 bits per heavy atom. The van der Waals surface area contributed by atoms with Crippen molar-refractivity contribution in [1.82, 2.24) is 9.55 Å². The van der Waals surface area contributed by atoms with Crippen LogP contribution in [-0.2, 0) is 16.1 Å². The second-order valence-corrected chi connectivity index (χ2v) is 5.60. The minimum absolute atomic E-state index is 0.104. The summed E-state index contributed by atoms with van der Waals surface area (Å²) >= 11 is 5.80. The number of methoxy groups -OCH3 is 1. The summed E-state index contributed by atoms with van der Waals surface area (Å²) in [5, 5.41) is 3.18. The summed E-state index contributed by atoms with van der Waals surface area (Å²) < 4.78 is 6.53. The van der Waals surface area contributed by atoms with Gasteiger partial charge in [0.05, 0.1) is 12.6 Å². The van der Waals surface area contributed by atoms with E-state index in [9.17, 15) is 9.59 Å². The first kappa shape index (κ1) is 17.9. The van der Waals surface area contributed by atoms with Crippen LogP contribution in [0, 0.1) is 0 Å². The number of ether oxygens (including phenoxy) is 1. The minimum atomic E-state index is -0.446. The highest BCUT2D eigenvalue weighted by molar-refractivity contribution is 6.30. The summed E-state index contributed by atoms with van der Waals surface area (Å²) in [6.07, 6.45) is 4.48. The largest absolute Gasteiger partial charge is 0.380 e. The maximum Gasteiger partial charge on any atom is 0.349 e. The van der Waals surface area contributed by atoms with Gasteiger partial charge in [0.1, 0.15) is 5.82 Å². The summed E-state index contributed by atoms with van der Waals surface area (Å²) in [4.78, 5) is 27.6. The monoisotopic (exact) mass is 347 g/mol. The summed E-state index contributed by atoms with van der Waals surface area (Å²) in [7, 11) is 1.57. The molecule has 2 aromatic rings. The number of nitrogens with zero attached hydrogens (tertiary/aromatic N) is 2. The van der Waals surface area contributed by atoms with Crippen LogP contribution >= 0.6 is 11.6 Å². The Kier molecular flexibility index (Phi) is 6.28. The number of halogens is 1. The lowest BCUT2D eigenvalue weighted by Gasteiger charge is -2.11. The number of anilines is 1. The number of carbonyl (C=O) groups is 1. The number of carbonyl (C=O) groups excluding carboxylic acids is 1. The molecule has 24 heavy (non-hydrogen) atoms. The minimum Gasteiger partial charge on any atom is -0.380 e. The van der Waals surface area contributed by atoms with E-state index in [1.807, 2.05) is 6.92 Å². The molecule has 6 nitrogen and oxygen atoms in total. The fourth-order valence-electron chi connectivity index (χ4n) is 1.90. The van der Waals surface area contributed by atoms with Gasteiger partial charge in [-0.05, 0) is 36.8 Å². The smallest absolute Gasteiger partial charge is 0.349 e. The van der Waals surface area contributed by atoms with Crippen LogP contribution in [0.15, 0.2) is 47.4 Å². The molecule has 1 unspecified atom stereocenters. The molecule has 1 amide bonds. The second kappa shape index (κ2) is 8.42. The first-order valence-electron chi connectivity index (χ1n) is 7.33. The third kappa shape index (κ3) is 5.33. The lowest BCUT2D eigenvalue weighted by Crippen LogP contribution is -2.28. The van der Waals surface area contributed by atoms with E-state index in [4.69, 9.17) is 16.3 Å². The van der Waals surface area contributed by atoms with E-state index in [0.29, 0.717) is 11.6 Å². The highest BCUT2D eigenvalue weighted by atomic mass is 35.5. The van der Waals surface area contributed by atoms with Gasteiger partial charge in [-0.2, -0.15) is 4.98 Å². The molecule has 0 aliphatic carbocycles. The van der Waals surface area contributed by atoms with Gasteiger partial charge in [0, 0.05) is 24.4 Å². The van der Waals surface area contributed by atoms with Gasteiger partial charge in [0.15, 0.2) is 0 Å². The van der Waals surface area contributed by atoms with Gasteiger partial charge >= 0.3 is 5.69 Å². The lowest BCUT2D eigenvalue weighted by atomic mass is 10.2. The number of rotatable bonds is 6. The highest BCUT2D eigenvalue weighted by Crippen LogP contribution is 2.10. The molecule has 126 valence electrons. The van der Waals surface area contributed by atoms with Crippen molar-refractivity contribution < 1.29 is 9.53 Å². The Hall–Kier alpha value is -2.44. The quantitative estimate of drug-likeness (QED) is 0.815. The van der Waals surface area contributed by atoms with E-state index in [1.165, 1.54) is 10.6 Å². The van der Waals surface area contributed by atoms with E-state index >= 15 is 0 Å². The topological polar surface area (TPSA) is 73.2 Å². The Labute approximate surface area is 144 Å². The fourth-order valence-corrected chi connectivity index (χ4v) is 2.03. The third-order valence-electron chi connectivity index (χ3n) is 3.28. The van der Waals surface area contributed by atoms with Crippen molar-refractivity contribution in [2.24, 2.45) is 0 Å². The van der Waals surface area contributed by atoms with Crippen LogP contribution in [-0.4, -0.2) is 28.7 Å². The van der Waals surface area contributed by atoms with Gasteiger partial charge in [-0.3, -0.25) is 9.36 Å². The molecule has 1 aromatic heterocycles. The highest BCUT2D eigenvalue weighted by Gasteiger charge is 2.06. The van der Waals surface area contributed by atoms with Crippen molar-refractivity contribution in [2.75, 3.05) is 12.4 Å². The molecule has 0 radical (unpaired) electrons. The normalized spacial score (nSPS) is 12.3. The molecule has 0 fully saturated rings. The van der Waals surface area contributed by atoms with Crippen LogP contribution in [0.25, 0.3) is 6.08 Å². The molecule has 1 atom stereocenters. The Morgan fingerprint density at radius 1 is 1.38 bits per heavy atom. The van der Waals surface area contributed by atoms with Gasteiger partial charge in [0.2, 0.25) is 5.91 Å². The van der Waals surface area contributed by atoms with Crippen LogP contribution in [0.2, 0.25) is 5.02 Å². The third-order valence-corrected chi connectivity index (χ3v) is 3.53. The fraction of sp³-hybridized carbons (Fsp3) is 0.235. The number of aromatic nitrogens is 2. The van der Waals surface area contributed by atoms with Crippen LogP contribution in [0.1, 0.15) is 12.5 Å². The van der Waals surface area contributed by atoms with E-state index < -0.39 is 5.69 Å². The maximum absolute atomic E-state index is 11.9. The molecular formula is C17H18ClN3O3. The van der Waals surface area contributed by atoms with Crippen molar-refractivity contribution >= 4 is 29.4 Å². The molecule has 2 rings (SSSR count). The number of nitrogens with one attached hydrogen (secondary N) is 1. The Balaban J connectivity index is 2.00. The standard InChI is InChI=1S/C17H18ClN3O3/c1-12(24-2)11-21-10-9-15(20-17(21)23)19-16(22)8-5-13-3-6-14(18)7-4-13/h3-10,12H,11H2,1-2H3,(H,19,20,22,23)/b8-5+. The van der Waals surface area contributed by atoms with Crippen molar-refractivity contribution in [3.05, 3.63) is 63.7 Å². The average Bonchev–Trinajstić information content (AvgIpc) is 2.56. The molecule has 0 spiro atoms. The lowest BCUT2D eigenvalue weighted by molar-refractivity contribution is -0.111. The van der Waals surface area contributed by atoms with Crippen LogP contribution in [0.4, 0.5) is 5.82 Å². The van der Waals surface area contributed by atoms with Gasteiger partial charge in [-0.15, -0.1) is 0 Å². The number of hydrogen-bond acceptors (Lipinski definition) is 4. The van der Waals surface area contributed by atoms with Gasteiger partial charge in [0.25, 0.3) is 0 Å². The molecule has 1 N–H and O–H groups in total. The molecular weight excluding hydrogens is 330 g/mol. The van der Waals surface area contributed by atoms with Crippen LogP contribution in [0.3, 0.4) is 0 Å². The van der Waals surface area contributed by atoms with E-state index in [1.54, 1.807) is 49.7 Å². The van der Waals surface area contributed by atoms with E-state index in [-0.39, 0.29) is 17.8 Å². The molecule has 0 aliphatic rings. The number of hydrogen-bond donors (Lipinski definition) is 1.